The molecule has 1 aliphatic heterocycles. The highest BCUT2D eigenvalue weighted by molar-refractivity contribution is 7.89. The molecule has 0 unspecified atom stereocenters. The molecule has 0 spiro atoms. The second kappa shape index (κ2) is 8.55. The molecule has 3 rings (SSSR count). The van der Waals surface area contributed by atoms with Gasteiger partial charge in [-0.05, 0) is 60.7 Å². The van der Waals surface area contributed by atoms with Crippen molar-refractivity contribution in [3.8, 4) is 5.75 Å². The van der Waals surface area contributed by atoms with Crippen LogP contribution in [0.2, 0.25) is 0 Å². The molecule has 6 nitrogen and oxygen atoms in total. The number of carbonyl (C=O) groups is 1. The number of fused-ring (bicyclic) bond motifs is 1. The van der Waals surface area contributed by atoms with E-state index in [0.29, 0.717) is 25.8 Å². The van der Waals surface area contributed by atoms with Gasteiger partial charge in [0.15, 0.2) is 0 Å². The second-order valence-electron chi connectivity index (χ2n) is 7.25. The molecule has 1 aliphatic rings. The molecule has 0 saturated carbocycles. The Morgan fingerprint density at radius 2 is 1.97 bits per heavy atom. The van der Waals surface area contributed by atoms with Crippen molar-refractivity contribution in [3.05, 3.63) is 53.1 Å². The molecule has 0 fully saturated rings. The number of hydrogen-bond acceptors (Lipinski definition) is 4. The van der Waals surface area contributed by atoms with E-state index in [1.54, 1.807) is 30.2 Å². The van der Waals surface area contributed by atoms with Crippen molar-refractivity contribution in [2.75, 3.05) is 18.6 Å². The van der Waals surface area contributed by atoms with Gasteiger partial charge >= 0.3 is 0 Å². The molecule has 7 heteroatoms. The predicted octanol–water partition coefficient (Wildman–Crippen LogP) is 3.73. The minimum atomic E-state index is -3.70. The van der Waals surface area contributed by atoms with Crippen molar-refractivity contribution < 1.29 is 17.9 Å². The first-order valence-corrected chi connectivity index (χ1v) is 11.4. The van der Waals surface area contributed by atoms with Crippen molar-refractivity contribution in [1.82, 2.24) is 4.72 Å². The van der Waals surface area contributed by atoms with Crippen LogP contribution in [-0.2, 0) is 21.2 Å². The van der Waals surface area contributed by atoms with Gasteiger partial charge in [0.05, 0.1) is 12.0 Å². The van der Waals surface area contributed by atoms with Crippen molar-refractivity contribution in [1.29, 1.82) is 0 Å². The van der Waals surface area contributed by atoms with Crippen LogP contribution >= 0.6 is 0 Å². The first kappa shape index (κ1) is 21.3. The molecule has 0 saturated heterocycles. The Balaban J connectivity index is 1.85. The zero-order valence-electron chi connectivity index (χ0n) is 17.4. The minimum Gasteiger partial charge on any atom is -0.496 e. The normalized spacial score (nSPS) is 14.6. The zero-order chi connectivity index (χ0) is 21.2. The summed E-state index contributed by atoms with van der Waals surface area (Å²) in [6.45, 7) is 6.31. The van der Waals surface area contributed by atoms with Gasteiger partial charge in [-0.2, -0.15) is 0 Å². The van der Waals surface area contributed by atoms with E-state index in [4.69, 9.17) is 4.74 Å². The lowest BCUT2D eigenvalue weighted by Gasteiger charge is -2.20. The van der Waals surface area contributed by atoms with Gasteiger partial charge < -0.3 is 9.64 Å². The van der Waals surface area contributed by atoms with Gasteiger partial charge in [-0.15, -0.1) is 0 Å². The molecule has 0 aromatic heterocycles. The van der Waals surface area contributed by atoms with Crippen LogP contribution in [0.15, 0.2) is 41.3 Å². The number of sulfonamides is 1. The van der Waals surface area contributed by atoms with E-state index < -0.39 is 10.0 Å². The van der Waals surface area contributed by atoms with Crippen molar-refractivity contribution >= 4 is 21.6 Å². The first-order chi connectivity index (χ1) is 13.8. The molecular formula is C22H28N2O4S. The van der Waals surface area contributed by atoms with Gasteiger partial charge in [0, 0.05) is 24.7 Å². The van der Waals surface area contributed by atoms with Gasteiger partial charge in [-0.3, -0.25) is 4.79 Å². The summed E-state index contributed by atoms with van der Waals surface area (Å²) in [5, 5.41) is 0. The van der Waals surface area contributed by atoms with Crippen LogP contribution in [0.3, 0.4) is 0 Å². The summed E-state index contributed by atoms with van der Waals surface area (Å²) in [7, 11) is -2.08. The number of benzene rings is 2. The molecule has 1 N–H and O–H groups in total. The third kappa shape index (κ3) is 4.31. The Hall–Kier alpha value is -2.38. The van der Waals surface area contributed by atoms with E-state index in [1.165, 1.54) is 0 Å². The number of ether oxygens (including phenoxy) is 1. The lowest BCUT2D eigenvalue weighted by Crippen LogP contribution is -2.29. The van der Waals surface area contributed by atoms with Crippen LogP contribution in [0.4, 0.5) is 5.69 Å². The average molecular weight is 417 g/mol. The highest BCUT2D eigenvalue weighted by Crippen LogP contribution is 2.31. The van der Waals surface area contributed by atoms with E-state index in [-0.39, 0.29) is 16.8 Å². The molecule has 2 aromatic carbocycles. The molecule has 1 amide bonds. The smallest absolute Gasteiger partial charge is 0.241 e. The summed E-state index contributed by atoms with van der Waals surface area (Å²) in [6, 6.07) is 10.4. The molecule has 156 valence electrons. The number of aryl methyl sites for hydroxylation is 1. The summed E-state index contributed by atoms with van der Waals surface area (Å²) in [5.41, 5.74) is 3.56. The molecule has 29 heavy (non-hydrogen) atoms. The van der Waals surface area contributed by atoms with Gasteiger partial charge in [-0.1, -0.05) is 26.0 Å². The van der Waals surface area contributed by atoms with Crippen LogP contribution in [0.1, 0.15) is 49.4 Å². The Bertz CT molecular complexity index is 1020. The van der Waals surface area contributed by atoms with E-state index in [2.05, 4.69) is 4.72 Å². The molecule has 1 heterocycles. The van der Waals surface area contributed by atoms with E-state index >= 15 is 0 Å². The molecule has 2 aromatic rings. The SMILES string of the molecule is CCC(=O)N1CCc2cc(S(=O)(=O)N[C@H](CC)c3ccc(OC)c(C)c3)ccc21. The van der Waals surface area contributed by atoms with Gasteiger partial charge in [0.25, 0.3) is 0 Å². The van der Waals surface area contributed by atoms with Crippen molar-refractivity contribution in [3.63, 3.8) is 0 Å². The van der Waals surface area contributed by atoms with Gasteiger partial charge in [0.1, 0.15) is 5.75 Å². The number of rotatable bonds is 7. The average Bonchev–Trinajstić information content (AvgIpc) is 3.14. The Morgan fingerprint density at radius 3 is 2.59 bits per heavy atom. The number of nitrogens with zero attached hydrogens (tertiary/aromatic N) is 1. The maximum Gasteiger partial charge on any atom is 0.241 e. The largest absolute Gasteiger partial charge is 0.496 e. The molecular weight excluding hydrogens is 388 g/mol. The number of anilines is 1. The predicted molar refractivity (Wildman–Crippen MR) is 114 cm³/mol. The Morgan fingerprint density at radius 1 is 1.21 bits per heavy atom. The standard InChI is InChI=1S/C22H28N2O4S/c1-5-19(16-7-10-21(28-4)15(3)13-16)23-29(26,27)18-8-9-20-17(14-18)11-12-24(20)22(25)6-2/h7-10,13-14,19,23H,5-6,11-12H2,1-4H3/t19-/m1/s1. The summed E-state index contributed by atoms with van der Waals surface area (Å²) in [5.74, 6) is 0.828. The van der Waals surface area contributed by atoms with Crippen LogP contribution in [0, 0.1) is 6.92 Å². The van der Waals surface area contributed by atoms with E-state index in [9.17, 15) is 13.2 Å². The lowest BCUT2D eigenvalue weighted by atomic mass is 10.0. The van der Waals surface area contributed by atoms with Crippen LogP contribution in [0.25, 0.3) is 0 Å². The highest BCUT2D eigenvalue weighted by atomic mass is 32.2. The van der Waals surface area contributed by atoms with Gasteiger partial charge in [0.2, 0.25) is 15.9 Å². The number of hydrogen-bond donors (Lipinski definition) is 1. The van der Waals surface area contributed by atoms with Crippen molar-refractivity contribution in [2.24, 2.45) is 0 Å². The molecule has 1 atom stereocenters. The number of carbonyl (C=O) groups excluding carboxylic acids is 1. The topological polar surface area (TPSA) is 75.7 Å². The summed E-state index contributed by atoms with van der Waals surface area (Å²) < 4.78 is 34.2. The summed E-state index contributed by atoms with van der Waals surface area (Å²) in [6.07, 6.45) is 1.72. The lowest BCUT2D eigenvalue weighted by molar-refractivity contribution is -0.118. The molecule has 0 radical (unpaired) electrons. The zero-order valence-corrected chi connectivity index (χ0v) is 18.2. The summed E-state index contributed by atoms with van der Waals surface area (Å²) >= 11 is 0. The van der Waals surface area contributed by atoms with Crippen LogP contribution < -0.4 is 14.4 Å². The van der Waals surface area contributed by atoms with E-state index in [0.717, 1.165) is 28.1 Å². The van der Waals surface area contributed by atoms with Crippen molar-refractivity contribution in [2.45, 2.75) is 51.0 Å². The first-order valence-electron chi connectivity index (χ1n) is 9.90. The fourth-order valence-electron chi connectivity index (χ4n) is 3.76. The fraction of sp³-hybridized carbons (Fsp3) is 0.409. The quantitative estimate of drug-likeness (QED) is 0.746. The summed E-state index contributed by atoms with van der Waals surface area (Å²) in [4.78, 5) is 14.0. The third-order valence-electron chi connectivity index (χ3n) is 5.39. The Kier molecular flexibility index (Phi) is 6.29. The highest BCUT2D eigenvalue weighted by Gasteiger charge is 2.27. The molecule has 0 bridgehead atoms. The van der Waals surface area contributed by atoms with Gasteiger partial charge in [-0.25, -0.2) is 13.1 Å². The number of nitrogens with one attached hydrogen (secondary N) is 1. The number of amides is 1. The Labute approximate surface area is 172 Å². The minimum absolute atomic E-state index is 0.0541. The molecule has 0 aliphatic carbocycles. The van der Waals surface area contributed by atoms with E-state index in [1.807, 2.05) is 39.0 Å². The fourth-order valence-corrected chi connectivity index (χ4v) is 5.11. The third-order valence-corrected chi connectivity index (χ3v) is 6.86. The monoisotopic (exact) mass is 416 g/mol. The second-order valence-corrected chi connectivity index (χ2v) is 8.96. The van der Waals surface area contributed by atoms with Crippen LogP contribution in [-0.4, -0.2) is 28.0 Å². The maximum absolute atomic E-state index is 13.0. The van der Waals surface area contributed by atoms with Crippen LogP contribution in [0.5, 0.6) is 5.75 Å². The number of methoxy groups -OCH3 is 1. The maximum atomic E-state index is 13.0.